The zero-order valence-corrected chi connectivity index (χ0v) is 12.5. The number of likely N-dealkylation sites (N-methyl/N-ethyl adjacent to an activating group) is 1. The van der Waals surface area contributed by atoms with Gasteiger partial charge in [0.1, 0.15) is 0 Å². The normalized spacial score (nSPS) is 21.4. The molecule has 94 valence electrons. The first-order valence-electron chi connectivity index (χ1n) is 6.33. The molecule has 0 aromatic heterocycles. The predicted octanol–water partition coefficient (Wildman–Crippen LogP) is 2.48. The standard InChI is InChI=1S/C14H22NOSe/c1-15(2,14-9-6-12-17-16-14)11-10-13-7-4-3-5-8-13/h3-5,7-8,14H,6,9-12H2,1-2H3/q+1. The van der Waals surface area contributed by atoms with Gasteiger partial charge in [0, 0.05) is 0 Å². The van der Waals surface area contributed by atoms with Gasteiger partial charge in [0.25, 0.3) is 0 Å². The van der Waals surface area contributed by atoms with Crippen LogP contribution in [0, 0.1) is 0 Å². The van der Waals surface area contributed by atoms with E-state index >= 15 is 0 Å². The first-order valence-corrected chi connectivity index (χ1v) is 8.24. The molecule has 3 heteroatoms. The van der Waals surface area contributed by atoms with E-state index in [2.05, 4.69) is 44.4 Å². The molecule has 0 saturated carbocycles. The Morgan fingerprint density at radius 2 is 2.06 bits per heavy atom. The number of hydrogen-bond donors (Lipinski definition) is 0. The van der Waals surface area contributed by atoms with Crippen molar-refractivity contribution in [1.29, 1.82) is 0 Å². The quantitative estimate of drug-likeness (QED) is 0.613. The summed E-state index contributed by atoms with van der Waals surface area (Å²) in [6.45, 7) is 1.16. The van der Waals surface area contributed by atoms with E-state index in [0.29, 0.717) is 21.5 Å². The monoisotopic (exact) mass is 300 g/mol. The van der Waals surface area contributed by atoms with Crippen molar-refractivity contribution >= 4 is 15.3 Å². The van der Waals surface area contributed by atoms with Crippen LogP contribution < -0.4 is 0 Å². The van der Waals surface area contributed by atoms with E-state index < -0.39 is 0 Å². The van der Waals surface area contributed by atoms with E-state index in [0.717, 1.165) is 17.4 Å². The molecule has 0 aliphatic carbocycles. The van der Waals surface area contributed by atoms with Crippen molar-refractivity contribution in [2.45, 2.75) is 30.8 Å². The Morgan fingerprint density at radius 1 is 1.29 bits per heavy atom. The van der Waals surface area contributed by atoms with Gasteiger partial charge < -0.3 is 0 Å². The van der Waals surface area contributed by atoms with Crippen LogP contribution in [-0.2, 0) is 10.2 Å². The van der Waals surface area contributed by atoms with Crippen LogP contribution in [0.5, 0.6) is 0 Å². The maximum atomic E-state index is 5.97. The molecule has 1 atom stereocenters. The third kappa shape index (κ3) is 3.82. The van der Waals surface area contributed by atoms with Crippen molar-refractivity contribution in [2.24, 2.45) is 0 Å². The number of rotatable bonds is 4. The molecule has 1 aliphatic heterocycles. The SMILES string of the molecule is C[N+](C)(CCc1ccccc1)C1CCC[Se]O1. The molecule has 0 spiro atoms. The van der Waals surface area contributed by atoms with Gasteiger partial charge in [-0.15, -0.1) is 0 Å². The van der Waals surface area contributed by atoms with Gasteiger partial charge in [0.05, 0.1) is 0 Å². The minimum absolute atomic E-state index is 0.422. The Labute approximate surface area is 111 Å². The first kappa shape index (κ1) is 13.1. The van der Waals surface area contributed by atoms with Crippen molar-refractivity contribution < 1.29 is 8.30 Å². The van der Waals surface area contributed by atoms with Gasteiger partial charge in [-0.3, -0.25) is 0 Å². The van der Waals surface area contributed by atoms with Crippen molar-refractivity contribution in [3.63, 3.8) is 0 Å². The third-order valence-electron chi connectivity index (χ3n) is 3.46. The molecule has 1 heterocycles. The summed E-state index contributed by atoms with van der Waals surface area (Å²) in [6, 6.07) is 10.7. The molecule has 1 fully saturated rings. The molecular weight excluding hydrogens is 277 g/mol. The number of quaternary nitrogens is 1. The molecule has 17 heavy (non-hydrogen) atoms. The van der Waals surface area contributed by atoms with Gasteiger partial charge >= 0.3 is 111 Å². The van der Waals surface area contributed by atoms with Crippen LogP contribution in [0.1, 0.15) is 18.4 Å². The Hall–Kier alpha value is -0.341. The predicted molar refractivity (Wildman–Crippen MR) is 71.8 cm³/mol. The van der Waals surface area contributed by atoms with Gasteiger partial charge in [-0.2, -0.15) is 0 Å². The molecule has 2 nitrogen and oxygen atoms in total. The van der Waals surface area contributed by atoms with Gasteiger partial charge in [-0.1, -0.05) is 0 Å². The van der Waals surface area contributed by atoms with Crippen LogP contribution in [0.25, 0.3) is 0 Å². The van der Waals surface area contributed by atoms with Crippen molar-refractivity contribution in [1.82, 2.24) is 0 Å². The zero-order valence-electron chi connectivity index (χ0n) is 10.8. The Morgan fingerprint density at radius 3 is 2.71 bits per heavy atom. The third-order valence-corrected chi connectivity index (χ3v) is 5.16. The summed E-state index contributed by atoms with van der Waals surface area (Å²) in [6.07, 6.45) is 4.13. The van der Waals surface area contributed by atoms with Crippen LogP contribution >= 0.6 is 0 Å². The van der Waals surface area contributed by atoms with Gasteiger partial charge in [-0.05, 0) is 0 Å². The Balaban J connectivity index is 1.88. The molecule has 1 unspecified atom stereocenters. The second kappa shape index (κ2) is 6.01. The van der Waals surface area contributed by atoms with Crippen LogP contribution in [-0.4, -0.2) is 46.6 Å². The summed E-state index contributed by atoms with van der Waals surface area (Å²) in [5, 5.41) is 1.29. The van der Waals surface area contributed by atoms with E-state index in [9.17, 15) is 0 Å². The fraction of sp³-hybridized carbons (Fsp3) is 0.571. The van der Waals surface area contributed by atoms with Gasteiger partial charge in [-0.25, -0.2) is 0 Å². The maximum absolute atomic E-state index is 5.97. The van der Waals surface area contributed by atoms with Crippen molar-refractivity contribution in [2.75, 3.05) is 20.6 Å². The summed E-state index contributed by atoms with van der Waals surface area (Å²) in [5.74, 6) is 0. The second-order valence-electron chi connectivity index (χ2n) is 5.25. The molecule has 0 N–H and O–H groups in total. The molecule has 1 aromatic carbocycles. The summed E-state index contributed by atoms with van der Waals surface area (Å²) >= 11 is 0.422. The van der Waals surface area contributed by atoms with Crippen LogP contribution in [0.15, 0.2) is 30.3 Å². The fourth-order valence-corrected chi connectivity index (χ4v) is 3.98. The number of benzene rings is 1. The fourth-order valence-electron chi connectivity index (χ4n) is 2.16. The van der Waals surface area contributed by atoms with E-state index in [1.165, 1.54) is 23.7 Å². The molecular formula is C14H22NOSe+. The minimum atomic E-state index is 0.422. The van der Waals surface area contributed by atoms with E-state index in [-0.39, 0.29) is 0 Å². The van der Waals surface area contributed by atoms with Gasteiger partial charge in [0.2, 0.25) is 0 Å². The number of nitrogens with zero attached hydrogens (tertiary/aromatic N) is 1. The van der Waals surface area contributed by atoms with Crippen molar-refractivity contribution in [3.05, 3.63) is 35.9 Å². The first-order chi connectivity index (χ1) is 8.18. The van der Waals surface area contributed by atoms with Crippen LogP contribution in [0.2, 0.25) is 5.32 Å². The summed E-state index contributed by atoms with van der Waals surface area (Å²) < 4.78 is 6.96. The van der Waals surface area contributed by atoms with E-state index in [4.69, 9.17) is 3.82 Å². The van der Waals surface area contributed by atoms with E-state index in [1.54, 1.807) is 0 Å². The molecule has 0 amide bonds. The Bertz CT molecular complexity index is 333. The molecule has 2 rings (SSSR count). The molecule has 1 saturated heterocycles. The van der Waals surface area contributed by atoms with Crippen LogP contribution in [0.3, 0.4) is 0 Å². The molecule has 1 aliphatic rings. The van der Waals surface area contributed by atoms with Crippen LogP contribution in [0.4, 0.5) is 0 Å². The van der Waals surface area contributed by atoms with Crippen molar-refractivity contribution in [3.8, 4) is 0 Å². The topological polar surface area (TPSA) is 9.23 Å². The molecule has 0 bridgehead atoms. The second-order valence-corrected chi connectivity index (χ2v) is 7.01. The van der Waals surface area contributed by atoms with E-state index in [1.807, 2.05) is 0 Å². The number of hydrogen-bond acceptors (Lipinski definition) is 1. The average molecular weight is 299 g/mol. The Kier molecular flexibility index (Phi) is 4.63. The average Bonchev–Trinajstić information content (AvgIpc) is 2.39. The molecule has 0 radical (unpaired) electrons. The summed E-state index contributed by atoms with van der Waals surface area (Å²) in [4.78, 5) is 0. The van der Waals surface area contributed by atoms with Gasteiger partial charge in [0.15, 0.2) is 0 Å². The summed E-state index contributed by atoms with van der Waals surface area (Å²) in [7, 11) is 4.60. The molecule has 1 aromatic rings. The zero-order chi connectivity index (χ0) is 12.1. The summed E-state index contributed by atoms with van der Waals surface area (Å²) in [5.41, 5.74) is 1.43.